The minimum Gasteiger partial charge on any atom is -0.457 e. The van der Waals surface area contributed by atoms with Gasteiger partial charge in [0.2, 0.25) is 0 Å². The van der Waals surface area contributed by atoms with Gasteiger partial charge in [0.15, 0.2) is 5.58 Å². The van der Waals surface area contributed by atoms with Gasteiger partial charge in [-0.2, -0.15) is 0 Å². The molecule has 6 heteroatoms. The molecule has 0 amide bonds. The third-order valence-corrected chi connectivity index (χ3v) is 4.56. The average molecular weight is 431 g/mol. The number of fused-ring (bicyclic) bond motifs is 1. The zero-order valence-corrected chi connectivity index (χ0v) is 15.0. The number of hydrogen-bond acceptors (Lipinski definition) is 3. The van der Waals surface area contributed by atoms with Crippen LogP contribution in [-0.4, -0.2) is 12.0 Å². The average Bonchev–Trinajstić information content (AvgIpc) is 2.87. The van der Waals surface area contributed by atoms with E-state index in [-0.39, 0.29) is 6.04 Å². The van der Waals surface area contributed by atoms with Crippen LogP contribution in [0.25, 0.3) is 11.0 Å². The van der Waals surface area contributed by atoms with Crippen molar-refractivity contribution in [1.82, 2.24) is 10.3 Å². The number of aromatic nitrogens is 1. The highest BCUT2D eigenvalue weighted by molar-refractivity contribution is 9.11. The molecule has 0 aliphatic heterocycles. The monoisotopic (exact) mass is 428 g/mol. The van der Waals surface area contributed by atoms with Gasteiger partial charge in [0.1, 0.15) is 11.8 Å². The smallest absolute Gasteiger partial charge is 0.152 e. The summed E-state index contributed by atoms with van der Waals surface area (Å²) in [7, 11) is 1.87. The number of benzene rings is 1. The number of para-hydroxylation sites is 1. The SMILES string of the molecule is CNC(c1cc2cccc(Cl)c2o1)c1ncc(Br)cc1Br. The highest BCUT2D eigenvalue weighted by Crippen LogP contribution is 2.34. The van der Waals surface area contributed by atoms with E-state index < -0.39 is 0 Å². The second-order valence-corrected chi connectivity index (χ2v) is 6.73. The van der Waals surface area contributed by atoms with Gasteiger partial charge in [-0.05, 0) is 57.1 Å². The number of halogens is 3. The van der Waals surface area contributed by atoms with Crippen molar-refractivity contribution in [1.29, 1.82) is 0 Å². The lowest BCUT2D eigenvalue weighted by Crippen LogP contribution is -2.18. The molecule has 1 N–H and O–H groups in total. The molecule has 0 aliphatic rings. The standard InChI is InChI=1S/C15H11Br2ClN2O/c1-19-14(13-10(17)6-9(16)7-20-13)12-5-8-3-2-4-11(18)15(8)21-12/h2-7,14,19H,1H3. The summed E-state index contributed by atoms with van der Waals surface area (Å²) >= 11 is 13.1. The van der Waals surface area contributed by atoms with E-state index in [0.29, 0.717) is 10.6 Å². The molecule has 0 bridgehead atoms. The maximum Gasteiger partial charge on any atom is 0.152 e. The predicted octanol–water partition coefficient (Wildman–Crippen LogP) is 5.32. The van der Waals surface area contributed by atoms with Gasteiger partial charge in [-0.1, -0.05) is 23.7 Å². The summed E-state index contributed by atoms with van der Waals surface area (Å²) in [4.78, 5) is 4.47. The third kappa shape index (κ3) is 2.88. The zero-order chi connectivity index (χ0) is 15.0. The summed E-state index contributed by atoms with van der Waals surface area (Å²) in [5.74, 6) is 0.774. The van der Waals surface area contributed by atoms with Gasteiger partial charge in [-0.25, -0.2) is 0 Å². The van der Waals surface area contributed by atoms with Gasteiger partial charge in [0, 0.05) is 20.5 Å². The fraction of sp³-hybridized carbons (Fsp3) is 0.133. The van der Waals surface area contributed by atoms with E-state index in [1.54, 1.807) is 6.20 Å². The molecule has 2 aromatic heterocycles. The maximum atomic E-state index is 6.17. The predicted molar refractivity (Wildman–Crippen MR) is 91.8 cm³/mol. The number of hydrogen-bond donors (Lipinski definition) is 1. The summed E-state index contributed by atoms with van der Waals surface area (Å²) in [6, 6.07) is 9.49. The second kappa shape index (κ2) is 6.08. The Bertz CT molecular complexity index is 803. The topological polar surface area (TPSA) is 38.1 Å². The molecular formula is C15H11Br2ClN2O. The van der Waals surface area contributed by atoms with Crippen LogP contribution in [0.4, 0.5) is 0 Å². The first kappa shape index (κ1) is 15.0. The lowest BCUT2D eigenvalue weighted by Gasteiger charge is -2.14. The van der Waals surface area contributed by atoms with Gasteiger partial charge >= 0.3 is 0 Å². The number of furan rings is 1. The van der Waals surface area contributed by atoms with Crippen LogP contribution in [-0.2, 0) is 0 Å². The number of pyridine rings is 1. The maximum absolute atomic E-state index is 6.17. The van der Waals surface area contributed by atoms with E-state index in [9.17, 15) is 0 Å². The number of nitrogens with one attached hydrogen (secondary N) is 1. The second-order valence-electron chi connectivity index (χ2n) is 4.55. The Morgan fingerprint density at radius 3 is 2.76 bits per heavy atom. The molecule has 0 radical (unpaired) electrons. The number of rotatable bonds is 3. The quantitative estimate of drug-likeness (QED) is 0.612. The molecule has 2 heterocycles. The molecule has 1 atom stereocenters. The van der Waals surface area contributed by atoms with Crippen LogP contribution in [0.2, 0.25) is 5.02 Å². The molecule has 0 saturated carbocycles. The van der Waals surface area contributed by atoms with Crippen LogP contribution >= 0.6 is 43.5 Å². The van der Waals surface area contributed by atoms with E-state index >= 15 is 0 Å². The van der Waals surface area contributed by atoms with Crippen LogP contribution in [0.15, 0.2) is 49.9 Å². The molecule has 21 heavy (non-hydrogen) atoms. The lowest BCUT2D eigenvalue weighted by atomic mass is 10.1. The molecule has 0 fully saturated rings. The first-order valence-corrected chi connectivity index (χ1v) is 8.22. The molecule has 1 unspecified atom stereocenters. The van der Waals surface area contributed by atoms with Crippen molar-refractivity contribution in [2.75, 3.05) is 7.05 Å². The van der Waals surface area contributed by atoms with Crippen molar-refractivity contribution >= 4 is 54.4 Å². The van der Waals surface area contributed by atoms with Crippen LogP contribution in [0.1, 0.15) is 17.5 Å². The Morgan fingerprint density at radius 2 is 2.10 bits per heavy atom. The molecule has 3 rings (SSSR count). The normalized spacial score (nSPS) is 12.8. The Kier molecular flexibility index (Phi) is 4.36. The van der Waals surface area contributed by atoms with Gasteiger partial charge in [0.25, 0.3) is 0 Å². The first-order chi connectivity index (χ1) is 10.1. The Labute approximate surface area is 144 Å². The van der Waals surface area contributed by atoms with E-state index in [1.165, 1.54) is 0 Å². The first-order valence-electron chi connectivity index (χ1n) is 6.26. The fourth-order valence-corrected chi connectivity index (χ4v) is 3.68. The van der Waals surface area contributed by atoms with Gasteiger partial charge in [-0.15, -0.1) is 0 Å². The molecule has 3 nitrogen and oxygen atoms in total. The van der Waals surface area contributed by atoms with E-state index in [1.807, 2.05) is 37.4 Å². The summed E-state index contributed by atoms with van der Waals surface area (Å²) in [5.41, 5.74) is 1.55. The third-order valence-electron chi connectivity index (χ3n) is 3.20. The molecule has 0 aliphatic carbocycles. The van der Waals surface area contributed by atoms with E-state index in [4.69, 9.17) is 16.0 Å². The van der Waals surface area contributed by atoms with Gasteiger partial charge in [-0.3, -0.25) is 4.98 Å². The molecule has 108 valence electrons. The van der Waals surface area contributed by atoms with Crippen molar-refractivity contribution in [3.63, 3.8) is 0 Å². The zero-order valence-electron chi connectivity index (χ0n) is 11.0. The molecule has 3 aromatic rings. The van der Waals surface area contributed by atoms with Gasteiger partial charge < -0.3 is 9.73 Å². The van der Waals surface area contributed by atoms with E-state index in [2.05, 4.69) is 42.2 Å². The van der Waals surface area contributed by atoms with Crippen molar-refractivity contribution in [2.45, 2.75) is 6.04 Å². The van der Waals surface area contributed by atoms with E-state index in [0.717, 1.165) is 25.8 Å². The summed E-state index contributed by atoms with van der Waals surface area (Å²) in [5, 5.41) is 4.82. The van der Waals surface area contributed by atoms with Crippen molar-refractivity contribution in [3.05, 3.63) is 62.0 Å². The largest absolute Gasteiger partial charge is 0.457 e. The Hall–Kier alpha value is -0.880. The van der Waals surface area contributed by atoms with Crippen LogP contribution in [0.3, 0.4) is 0 Å². The van der Waals surface area contributed by atoms with Crippen molar-refractivity contribution in [3.8, 4) is 0 Å². The fourth-order valence-electron chi connectivity index (χ4n) is 2.24. The Balaban J connectivity index is 2.11. The number of nitrogens with zero attached hydrogens (tertiary/aromatic N) is 1. The highest BCUT2D eigenvalue weighted by atomic mass is 79.9. The van der Waals surface area contributed by atoms with Crippen LogP contribution in [0.5, 0.6) is 0 Å². The molecule has 1 aromatic carbocycles. The minimum absolute atomic E-state index is 0.157. The van der Waals surface area contributed by atoms with Crippen LogP contribution < -0.4 is 5.32 Å². The lowest BCUT2D eigenvalue weighted by molar-refractivity contribution is 0.485. The minimum atomic E-state index is -0.157. The molecule has 0 saturated heterocycles. The summed E-state index contributed by atoms with van der Waals surface area (Å²) in [6.07, 6.45) is 1.76. The highest BCUT2D eigenvalue weighted by Gasteiger charge is 2.21. The van der Waals surface area contributed by atoms with Crippen LogP contribution in [0, 0.1) is 0 Å². The molecule has 0 spiro atoms. The van der Waals surface area contributed by atoms with Gasteiger partial charge in [0.05, 0.1) is 10.7 Å². The summed E-state index contributed by atoms with van der Waals surface area (Å²) in [6.45, 7) is 0. The van der Waals surface area contributed by atoms with Crippen molar-refractivity contribution in [2.24, 2.45) is 0 Å². The Morgan fingerprint density at radius 1 is 1.29 bits per heavy atom. The summed E-state index contributed by atoms with van der Waals surface area (Å²) < 4.78 is 7.75. The van der Waals surface area contributed by atoms with Crippen molar-refractivity contribution < 1.29 is 4.42 Å². The molecular weight excluding hydrogens is 419 g/mol.